The van der Waals surface area contributed by atoms with Crippen LogP contribution in [0, 0.1) is 0 Å². The molecule has 1 aliphatic rings. The van der Waals surface area contributed by atoms with Crippen molar-refractivity contribution < 1.29 is 19.1 Å². The van der Waals surface area contributed by atoms with E-state index < -0.39 is 24.0 Å². The van der Waals surface area contributed by atoms with E-state index in [9.17, 15) is 14.4 Å². The first-order valence-electron chi connectivity index (χ1n) is 8.47. The quantitative estimate of drug-likeness (QED) is 0.610. The number of ether oxygens (including phenoxy) is 1. The molecule has 0 unspecified atom stereocenters. The van der Waals surface area contributed by atoms with E-state index >= 15 is 0 Å². The number of hydrogen-bond acceptors (Lipinski definition) is 5. The maximum Gasteiger partial charge on any atom is 0.328 e. The van der Waals surface area contributed by atoms with Crippen LogP contribution in [-0.2, 0) is 25.5 Å². The van der Waals surface area contributed by atoms with Gasteiger partial charge in [-0.05, 0) is 31.9 Å². The zero-order chi connectivity index (χ0) is 18.2. The van der Waals surface area contributed by atoms with Crippen molar-refractivity contribution in [2.75, 3.05) is 13.7 Å². The van der Waals surface area contributed by atoms with E-state index in [0.29, 0.717) is 6.42 Å². The van der Waals surface area contributed by atoms with Crippen molar-refractivity contribution in [1.29, 1.82) is 0 Å². The molecule has 1 aromatic rings. The van der Waals surface area contributed by atoms with Crippen molar-refractivity contribution in [3.05, 3.63) is 35.9 Å². The maximum atomic E-state index is 12.4. The molecule has 2 rings (SSSR count). The number of rotatable bonds is 7. The highest BCUT2D eigenvalue weighted by molar-refractivity contribution is 5.91. The molecule has 0 saturated carbocycles. The minimum Gasteiger partial charge on any atom is -0.467 e. The van der Waals surface area contributed by atoms with E-state index in [2.05, 4.69) is 16.0 Å². The Morgan fingerprint density at radius 3 is 2.56 bits per heavy atom. The highest BCUT2D eigenvalue weighted by atomic mass is 16.5. The van der Waals surface area contributed by atoms with E-state index in [0.717, 1.165) is 24.9 Å². The number of carbonyl (C=O) groups is 3. The second-order valence-corrected chi connectivity index (χ2v) is 6.15. The Balaban J connectivity index is 1.93. The van der Waals surface area contributed by atoms with Gasteiger partial charge in [0.25, 0.3) is 0 Å². The summed E-state index contributed by atoms with van der Waals surface area (Å²) < 4.78 is 4.78. The van der Waals surface area contributed by atoms with Crippen LogP contribution in [-0.4, -0.2) is 49.6 Å². The first-order chi connectivity index (χ1) is 12.0. The van der Waals surface area contributed by atoms with Crippen molar-refractivity contribution >= 4 is 17.8 Å². The van der Waals surface area contributed by atoms with Crippen LogP contribution >= 0.6 is 0 Å². The third-order valence-corrected chi connectivity index (χ3v) is 4.21. The summed E-state index contributed by atoms with van der Waals surface area (Å²) in [6.45, 7) is 2.40. The lowest BCUT2D eigenvalue weighted by atomic mass is 10.1. The van der Waals surface area contributed by atoms with Gasteiger partial charge in [-0.2, -0.15) is 0 Å². The third-order valence-electron chi connectivity index (χ3n) is 4.21. The minimum atomic E-state index is -0.802. The number of hydrogen-bond donors (Lipinski definition) is 3. The largest absolute Gasteiger partial charge is 0.467 e. The van der Waals surface area contributed by atoms with Gasteiger partial charge in [0.05, 0.1) is 13.2 Å². The fourth-order valence-corrected chi connectivity index (χ4v) is 2.77. The van der Waals surface area contributed by atoms with Crippen LogP contribution in [0.2, 0.25) is 0 Å². The van der Waals surface area contributed by atoms with E-state index in [4.69, 9.17) is 4.74 Å². The molecule has 0 radical (unpaired) electrons. The smallest absolute Gasteiger partial charge is 0.328 e. The Morgan fingerprint density at radius 2 is 1.96 bits per heavy atom. The summed E-state index contributed by atoms with van der Waals surface area (Å²) in [6.07, 6.45) is 2.03. The fraction of sp³-hybridized carbons (Fsp3) is 0.500. The lowest BCUT2D eigenvalue weighted by Crippen LogP contribution is -2.53. The SMILES string of the molecule is COC(=O)[C@H](Cc1ccccc1)NC(=O)[C@H](C)NC(=O)[C@@H]1CCCN1. The van der Waals surface area contributed by atoms with Crippen LogP contribution in [0.1, 0.15) is 25.3 Å². The van der Waals surface area contributed by atoms with E-state index in [1.165, 1.54) is 7.11 Å². The summed E-state index contributed by atoms with van der Waals surface area (Å²) in [7, 11) is 1.28. The first-order valence-corrected chi connectivity index (χ1v) is 8.47. The Bertz CT molecular complexity index is 600. The summed E-state index contributed by atoms with van der Waals surface area (Å²) in [4.78, 5) is 36.4. The van der Waals surface area contributed by atoms with Gasteiger partial charge in [-0.15, -0.1) is 0 Å². The highest BCUT2D eigenvalue weighted by Gasteiger charge is 2.28. The Labute approximate surface area is 147 Å². The Morgan fingerprint density at radius 1 is 1.24 bits per heavy atom. The number of esters is 1. The van der Waals surface area contributed by atoms with Crippen LogP contribution in [0.15, 0.2) is 30.3 Å². The van der Waals surface area contributed by atoms with Gasteiger partial charge in [-0.1, -0.05) is 30.3 Å². The van der Waals surface area contributed by atoms with Crippen LogP contribution in [0.3, 0.4) is 0 Å². The third kappa shape index (κ3) is 5.56. The monoisotopic (exact) mass is 347 g/mol. The Kier molecular flexibility index (Phi) is 6.94. The summed E-state index contributed by atoms with van der Waals surface area (Å²) in [6, 6.07) is 7.56. The van der Waals surface area contributed by atoms with Gasteiger partial charge in [0.15, 0.2) is 0 Å². The molecule has 0 spiro atoms. The second kappa shape index (κ2) is 9.17. The average molecular weight is 347 g/mol. The highest BCUT2D eigenvalue weighted by Crippen LogP contribution is 2.06. The van der Waals surface area contributed by atoms with Crippen LogP contribution in [0.5, 0.6) is 0 Å². The molecule has 136 valence electrons. The second-order valence-electron chi connectivity index (χ2n) is 6.15. The summed E-state index contributed by atoms with van der Waals surface area (Å²) in [5, 5.41) is 8.43. The number of amides is 2. The molecule has 7 nitrogen and oxygen atoms in total. The predicted molar refractivity (Wildman–Crippen MR) is 92.7 cm³/mol. The first kappa shape index (κ1) is 18.9. The van der Waals surface area contributed by atoms with Crippen molar-refractivity contribution in [1.82, 2.24) is 16.0 Å². The fourth-order valence-electron chi connectivity index (χ4n) is 2.77. The molecule has 1 aliphatic heterocycles. The number of nitrogens with one attached hydrogen (secondary N) is 3. The number of carbonyl (C=O) groups excluding carboxylic acids is 3. The molecular formula is C18H25N3O4. The van der Waals surface area contributed by atoms with Crippen LogP contribution < -0.4 is 16.0 Å². The van der Waals surface area contributed by atoms with Gasteiger partial charge in [-0.3, -0.25) is 9.59 Å². The minimum absolute atomic E-state index is 0.196. The maximum absolute atomic E-state index is 12.4. The lowest BCUT2D eigenvalue weighted by molar-refractivity contribution is -0.145. The van der Waals surface area contributed by atoms with Gasteiger partial charge in [0, 0.05) is 6.42 Å². The van der Waals surface area contributed by atoms with Gasteiger partial charge in [0.1, 0.15) is 12.1 Å². The van der Waals surface area contributed by atoms with E-state index in [1.807, 2.05) is 30.3 Å². The van der Waals surface area contributed by atoms with Crippen LogP contribution in [0.25, 0.3) is 0 Å². The molecule has 1 aromatic carbocycles. The number of methoxy groups -OCH3 is 1. The van der Waals surface area contributed by atoms with Gasteiger partial charge < -0.3 is 20.7 Å². The summed E-state index contributed by atoms with van der Waals surface area (Å²) in [5.74, 6) is -1.14. The normalized spacial score (nSPS) is 18.9. The van der Waals surface area contributed by atoms with E-state index in [-0.39, 0.29) is 11.9 Å². The summed E-state index contributed by atoms with van der Waals surface area (Å²) in [5.41, 5.74) is 0.907. The number of benzene rings is 1. The molecule has 1 heterocycles. The molecule has 2 amide bonds. The van der Waals surface area contributed by atoms with Crippen molar-refractivity contribution in [2.45, 2.75) is 44.3 Å². The predicted octanol–water partition coefficient (Wildman–Crippen LogP) is 0.144. The van der Waals surface area contributed by atoms with Crippen molar-refractivity contribution in [3.63, 3.8) is 0 Å². The van der Waals surface area contributed by atoms with Crippen molar-refractivity contribution in [2.24, 2.45) is 0 Å². The molecule has 7 heteroatoms. The molecule has 3 atom stereocenters. The molecule has 0 bridgehead atoms. The van der Waals surface area contributed by atoms with Gasteiger partial charge >= 0.3 is 5.97 Å². The zero-order valence-corrected chi connectivity index (χ0v) is 14.6. The van der Waals surface area contributed by atoms with Gasteiger partial charge in [0.2, 0.25) is 11.8 Å². The van der Waals surface area contributed by atoms with E-state index in [1.54, 1.807) is 6.92 Å². The zero-order valence-electron chi connectivity index (χ0n) is 14.6. The van der Waals surface area contributed by atoms with Gasteiger partial charge in [-0.25, -0.2) is 4.79 Å². The molecule has 0 aromatic heterocycles. The molecule has 1 fully saturated rings. The van der Waals surface area contributed by atoms with Crippen LogP contribution in [0.4, 0.5) is 0 Å². The molecule has 0 aliphatic carbocycles. The summed E-state index contributed by atoms with van der Waals surface area (Å²) >= 11 is 0. The average Bonchev–Trinajstić information content (AvgIpc) is 3.16. The van der Waals surface area contributed by atoms with Crippen molar-refractivity contribution in [3.8, 4) is 0 Å². The molecule has 3 N–H and O–H groups in total. The lowest BCUT2D eigenvalue weighted by Gasteiger charge is -2.21. The standard InChI is InChI=1S/C18H25N3O4/c1-12(20-17(23)14-9-6-10-19-14)16(22)21-15(18(24)25-2)11-13-7-4-3-5-8-13/h3-5,7-8,12,14-15,19H,6,9-11H2,1-2H3,(H,20,23)(H,21,22)/t12-,14-,15-/m0/s1. The molecular weight excluding hydrogens is 322 g/mol. The molecule has 25 heavy (non-hydrogen) atoms. The Hall–Kier alpha value is -2.41. The molecule has 1 saturated heterocycles. The topological polar surface area (TPSA) is 96.5 Å².